The first-order valence-electron chi connectivity index (χ1n) is 6.44. The Morgan fingerprint density at radius 1 is 1.25 bits per heavy atom. The number of hydrogen-bond donors (Lipinski definition) is 2. The van der Waals surface area contributed by atoms with E-state index in [1.54, 1.807) is 24.3 Å². The first-order valence-corrected chi connectivity index (χ1v) is 9.36. The van der Waals surface area contributed by atoms with Crippen molar-refractivity contribution < 1.29 is 14.6 Å². The van der Waals surface area contributed by atoms with E-state index in [0.29, 0.717) is 22.9 Å². The topological polar surface area (TPSA) is 70.9 Å². The summed E-state index contributed by atoms with van der Waals surface area (Å²) in [7, 11) is 0. The molecule has 0 heterocycles. The molecule has 0 aliphatic carbocycles. The van der Waals surface area contributed by atoms with Crippen LogP contribution in [0.3, 0.4) is 0 Å². The Labute approximate surface area is 175 Å². The fourth-order valence-corrected chi connectivity index (χ4v) is 3.75. The molecule has 126 valence electrons. The largest absolute Gasteiger partial charge is 0.506 e. The van der Waals surface area contributed by atoms with E-state index in [4.69, 9.17) is 27.9 Å². The summed E-state index contributed by atoms with van der Waals surface area (Å²) in [6.07, 6.45) is 1.48. The molecule has 0 spiro atoms. The number of hydrogen-bond acceptors (Lipinski definition) is 4. The van der Waals surface area contributed by atoms with Gasteiger partial charge in [0.05, 0.1) is 18.4 Å². The zero-order valence-electron chi connectivity index (χ0n) is 11.9. The van der Waals surface area contributed by atoms with Crippen LogP contribution in [0.25, 0.3) is 0 Å². The van der Waals surface area contributed by atoms with Gasteiger partial charge in [-0.1, -0.05) is 23.2 Å². The molecule has 0 unspecified atom stereocenters. The highest BCUT2D eigenvalue weighted by Gasteiger charge is 2.07. The number of carbonyl (C=O) groups is 1. The standard InChI is InChI=1S/C15H10Cl2I2N2O3/c16-9-1-2-10(17)13(5-9)24-7-14(22)21-20-6-8-3-11(18)15(23)12(19)4-8/h1-6,23H,7H2,(H,21,22)/b20-6+. The number of phenols is 1. The molecule has 2 rings (SSSR count). The summed E-state index contributed by atoms with van der Waals surface area (Å²) in [6.45, 7) is -0.248. The molecule has 0 atom stereocenters. The van der Waals surface area contributed by atoms with Gasteiger partial charge in [0.15, 0.2) is 6.61 Å². The van der Waals surface area contributed by atoms with Crippen LogP contribution < -0.4 is 10.2 Å². The Morgan fingerprint density at radius 3 is 2.58 bits per heavy atom. The molecular formula is C15H10Cl2I2N2O3. The molecule has 1 amide bonds. The number of nitrogens with zero attached hydrogens (tertiary/aromatic N) is 1. The van der Waals surface area contributed by atoms with Crippen LogP contribution in [0.1, 0.15) is 5.56 Å². The molecule has 0 saturated carbocycles. The molecular weight excluding hydrogens is 581 g/mol. The van der Waals surface area contributed by atoms with E-state index in [1.165, 1.54) is 12.3 Å². The second-order valence-corrected chi connectivity index (χ2v) is 7.66. The number of rotatable bonds is 5. The highest BCUT2D eigenvalue weighted by Crippen LogP contribution is 2.28. The average Bonchev–Trinajstić information content (AvgIpc) is 2.53. The molecule has 2 N–H and O–H groups in total. The first kappa shape index (κ1) is 19.5. The molecule has 0 bridgehead atoms. The third-order valence-corrected chi connectivity index (χ3v) is 4.89. The summed E-state index contributed by atoms with van der Waals surface area (Å²) in [4.78, 5) is 11.7. The van der Waals surface area contributed by atoms with Crippen LogP contribution in [0.2, 0.25) is 10.0 Å². The zero-order chi connectivity index (χ0) is 17.7. The van der Waals surface area contributed by atoms with Gasteiger partial charge in [-0.25, -0.2) is 5.43 Å². The summed E-state index contributed by atoms with van der Waals surface area (Å²) in [5, 5.41) is 14.4. The Hall–Kier alpha value is -0.780. The van der Waals surface area contributed by atoms with Crippen molar-refractivity contribution in [1.82, 2.24) is 5.43 Å². The Kier molecular flexibility index (Phi) is 7.38. The normalized spacial score (nSPS) is 10.8. The summed E-state index contributed by atoms with van der Waals surface area (Å²) in [6, 6.07) is 8.23. The minimum Gasteiger partial charge on any atom is -0.506 e. The van der Waals surface area contributed by atoms with E-state index in [1.807, 2.05) is 45.2 Å². The second kappa shape index (κ2) is 9.07. The fourth-order valence-electron chi connectivity index (χ4n) is 1.60. The van der Waals surface area contributed by atoms with Crippen molar-refractivity contribution in [1.29, 1.82) is 0 Å². The zero-order valence-corrected chi connectivity index (χ0v) is 17.7. The summed E-state index contributed by atoms with van der Waals surface area (Å²) in [5.74, 6) is 0.112. The summed E-state index contributed by atoms with van der Waals surface area (Å²) >= 11 is 15.8. The first-order chi connectivity index (χ1) is 11.4. The molecule has 0 fully saturated rings. The SMILES string of the molecule is O=C(COc1cc(Cl)ccc1Cl)N/N=C/c1cc(I)c(O)c(I)c1. The number of hydrazone groups is 1. The van der Waals surface area contributed by atoms with Gasteiger partial charge in [0.25, 0.3) is 5.91 Å². The number of phenolic OH excluding ortho intramolecular Hbond substituents is 1. The number of nitrogens with one attached hydrogen (secondary N) is 1. The van der Waals surface area contributed by atoms with Gasteiger partial charge in [-0.3, -0.25) is 4.79 Å². The number of halogens is 4. The van der Waals surface area contributed by atoms with Gasteiger partial charge in [-0.15, -0.1) is 0 Å². The number of amides is 1. The van der Waals surface area contributed by atoms with Crippen LogP contribution >= 0.6 is 68.4 Å². The molecule has 5 nitrogen and oxygen atoms in total. The van der Waals surface area contributed by atoms with Crippen LogP contribution in [0, 0.1) is 7.14 Å². The van der Waals surface area contributed by atoms with Gasteiger partial charge < -0.3 is 9.84 Å². The predicted octanol–water partition coefficient (Wildman–Crippen LogP) is 4.44. The van der Waals surface area contributed by atoms with E-state index in [2.05, 4.69) is 10.5 Å². The minimum absolute atomic E-state index is 0.226. The fraction of sp³-hybridized carbons (Fsp3) is 0.0667. The Bertz CT molecular complexity index is 777. The van der Waals surface area contributed by atoms with Crippen molar-refractivity contribution in [3.63, 3.8) is 0 Å². The van der Waals surface area contributed by atoms with E-state index in [-0.39, 0.29) is 12.4 Å². The molecule has 0 aromatic heterocycles. The predicted molar refractivity (Wildman–Crippen MR) is 111 cm³/mol. The third kappa shape index (κ3) is 5.64. The van der Waals surface area contributed by atoms with E-state index in [0.717, 1.165) is 5.56 Å². The molecule has 2 aromatic carbocycles. The number of ether oxygens (including phenoxy) is 1. The molecule has 0 aliphatic heterocycles. The van der Waals surface area contributed by atoms with E-state index in [9.17, 15) is 9.90 Å². The highest BCUT2D eigenvalue weighted by molar-refractivity contribution is 14.1. The highest BCUT2D eigenvalue weighted by atomic mass is 127. The molecule has 24 heavy (non-hydrogen) atoms. The van der Waals surface area contributed by atoms with Crippen LogP contribution in [0.4, 0.5) is 0 Å². The van der Waals surface area contributed by atoms with Crippen LogP contribution in [0.15, 0.2) is 35.4 Å². The number of benzene rings is 2. The second-order valence-electron chi connectivity index (χ2n) is 4.49. The van der Waals surface area contributed by atoms with Crippen LogP contribution in [0.5, 0.6) is 11.5 Å². The van der Waals surface area contributed by atoms with Crippen molar-refractivity contribution in [2.24, 2.45) is 5.10 Å². The van der Waals surface area contributed by atoms with Crippen molar-refractivity contribution in [2.75, 3.05) is 6.61 Å². The van der Waals surface area contributed by atoms with Crippen molar-refractivity contribution in [3.8, 4) is 11.5 Å². The average molecular weight is 591 g/mol. The van der Waals surface area contributed by atoms with Gasteiger partial charge in [-0.2, -0.15) is 5.10 Å². The molecule has 9 heteroatoms. The monoisotopic (exact) mass is 590 g/mol. The van der Waals surface area contributed by atoms with Gasteiger partial charge in [0.1, 0.15) is 11.5 Å². The molecule has 0 aliphatic rings. The quantitative estimate of drug-likeness (QED) is 0.307. The molecule has 0 saturated heterocycles. The van der Waals surface area contributed by atoms with Gasteiger partial charge >= 0.3 is 0 Å². The maximum absolute atomic E-state index is 11.7. The van der Waals surface area contributed by atoms with Crippen LogP contribution in [-0.2, 0) is 4.79 Å². The molecule has 2 aromatic rings. The van der Waals surface area contributed by atoms with Gasteiger partial charge in [-0.05, 0) is 75.0 Å². The Balaban J connectivity index is 1.90. The van der Waals surface area contributed by atoms with E-state index < -0.39 is 5.91 Å². The van der Waals surface area contributed by atoms with Crippen LogP contribution in [-0.4, -0.2) is 23.8 Å². The third-order valence-electron chi connectivity index (χ3n) is 2.69. The van der Waals surface area contributed by atoms with E-state index >= 15 is 0 Å². The maximum atomic E-state index is 11.7. The van der Waals surface area contributed by atoms with Crippen molar-refractivity contribution in [3.05, 3.63) is 53.1 Å². The summed E-state index contributed by atoms with van der Waals surface area (Å²) < 4.78 is 6.70. The molecule has 0 radical (unpaired) electrons. The Morgan fingerprint density at radius 2 is 1.92 bits per heavy atom. The summed E-state index contributed by atoms with van der Waals surface area (Å²) in [5.41, 5.74) is 3.10. The lowest BCUT2D eigenvalue weighted by atomic mass is 10.2. The van der Waals surface area contributed by atoms with Crippen molar-refractivity contribution in [2.45, 2.75) is 0 Å². The van der Waals surface area contributed by atoms with Gasteiger partial charge in [0, 0.05) is 11.1 Å². The smallest absolute Gasteiger partial charge is 0.277 e. The minimum atomic E-state index is -0.439. The number of aromatic hydroxyl groups is 1. The lowest BCUT2D eigenvalue weighted by Crippen LogP contribution is -2.24. The van der Waals surface area contributed by atoms with Crippen molar-refractivity contribution >= 4 is 80.5 Å². The van der Waals surface area contributed by atoms with Gasteiger partial charge in [0.2, 0.25) is 0 Å². The lowest BCUT2D eigenvalue weighted by Gasteiger charge is -2.07. The maximum Gasteiger partial charge on any atom is 0.277 e. The lowest BCUT2D eigenvalue weighted by molar-refractivity contribution is -0.123. The number of carbonyl (C=O) groups excluding carboxylic acids is 1.